The number of hydrogen-bond donors (Lipinski definition) is 1. The standard InChI is InChI=1S/C13H14N2O/c1-2-3-4-7-12-10-14-11-13(15-12)8-5-6-9-16/h10-11,16H,2-3,6,9H2,1H3. The van der Waals surface area contributed by atoms with Gasteiger partial charge in [-0.1, -0.05) is 18.8 Å². The van der Waals surface area contributed by atoms with Gasteiger partial charge >= 0.3 is 0 Å². The molecule has 82 valence electrons. The Labute approximate surface area is 95.9 Å². The van der Waals surface area contributed by atoms with Crippen LogP contribution in [0.5, 0.6) is 0 Å². The van der Waals surface area contributed by atoms with E-state index in [9.17, 15) is 0 Å². The predicted octanol–water partition coefficient (Wildman–Crippen LogP) is 1.36. The van der Waals surface area contributed by atoms with Gasteiger partial charge in [-0.05, 0) is 18.3 Å². The van der Waals surface area contributed by atoms with Crippen molar-refractivity contribution in [3.63, 3.8) is 0 Å². The van der Waals surface area contributed by atoms with E-state index in [2.05, 4.69) is 40.6 Å². The van der Waals surface area contributed by atoms with Crippen LogP contribution >= 0.6 is 0 Å². The number of hydrogen-bond acceptors (Lipinski definition) is 3. The van der Waals surface area contributed by atoms with Gasteiger partial charge in [0.2, 0.25) is 0 Å². The fraction of sp³-hybridized carbons (Fsp3) is 0.385. The highest BCUT2D eigenvalue weighted by atomic mass is 16.2. The molecule has 0 aliphatic heterocycles. The number of aromatic nitrogens is 2. The number of aliphatic hydroxyl groups is 1. The lowest BCUT2D eigenvalue weighted by Crippen LogP contribution is -1.89. The van der Waals surface area contributed by atoms with Crippen LogP contribution in [0.3, 0.4) is 0 Å². The van der Waals surface area contributed by atoms with Crippen LogP contribution in [0.25, 0.3) is 0 Å². The second-order valence-electron chi connectivity index (χ2n) is 3.12. The number of rotatable bonds is 2. The Morgan fingerprint density at radius 1 is 1.12 bits per heavy atom. The summed E-state index contributed by atoms with van der Waals surface area (Å²) in [5.41, 5.74) is 1.24. The molecular formula is C13H14N2O. The lowest BCUT2D eigenvalue weighted by Gasteiger charge is -1.90. The molecule has 1 N–H and O–H groups in total. The van der Waals surface area contributed by atoms with Crippen molar-refractivity contribution in [2.45, 2.75) is 26.2 Å². The van der Waals surface area contributed by atoms with Gasteiger partial charge in [0.05, 0.1) is 19.0 Å². The van der Waals surface area contributed by atoms with Crippen LogP contribution < -0.4 is 0 Å². The molecule has 0 unspecified atom stereocenters. The Balaban J connectivity index is 2.73. The van der Waals surface area contributed by atoms with Crippen molar-refractivity contribution in [1.82, 2.24) is 9.97 Å². The van der Waals surface area contributed by atoms with Crippen molar-refractivity contribution in [2.75, 3.05) is 6.61 Å². The molecular weight excluding hydrogens is 200 g/mol. The highest BCUT2D eigenvalue weighted by Gasteiger charge is 1.91. The molecule has 1 heterocycles. The highest BCUT2D eigenvalue weighted by molar-refractivity contribution is 5.31. The lowest BCUT2D eigenvalue weighted by atomic mass is 10.3. The average molecular weight is 214 g/mol. The molecule has 0 atom stereocenters. The highest BCUT2D eigenvalue weighted by Crippen LogP contribution is 1.94. The first-order valence-electron chi connectivity index (χ1n) is 5.27. The molecule has 3 heteroatoms. The summed E-state index contributed by atoms with van der Waals surface area (Å²) in [6.45, 7) is 2.15. The zero-order valence-electron chi connectivity index (χ0n) is 9.32. The van der Waals surface area contributed by atoms with E-state index in [4.69, 9.17) is 5.11 Å². The van der Waals surface area contributed by atoms with Crippen LogP contribution in [0.1, 0.15) is 37.6 Å². The van der Waals surface area contributed by atoms with Gasteiger partial charge in [0.25, 0.3) is 0 Å². The van der Waals surface area contributed by atoms with Gasteiger partial charge in [0, 0.05) is 12.8 Å². The van der Waals surface area contributed by atoms with Gasteiger partial charge in [0.15, 0.2) is 0 Å². The first kappa shape index (κ1) is 12.2. The van der Waals surface area contributed by atoms with Crippen LogP contribution in [0.15, 0.2) is 12.4 Å². The van der Waals surface area contributed by atoms with E-state index in [0.717, 1.165) is 12.8 Å². The van der Waals surface area contributed by atoms with Crippen molar-refractivity contribution in [3.8, 4) is 23.7 Å². The van der Waals surface area contributed by atoms with Crippen LogP contribution in [0.2, 0.25) is 0 Å². The molecule has 0 aliphatic carbocycles. The van der Waals surface area contributed by atoms with Gasteiger partial charge in [-0.3, -0.25) is 4.98 Å². The zero-order valence-corrected chi connectivity index (χ0v) is 9.32. The smallest absolute Gasteiger partial charge is 0.132 e. The van der Waals surface area contributed by atoms with Crippen molar-refractivity contribution < 1.29 is 5.11 Å². The quantitative estimate of drug-likeness (QED) is 0.756. The summed E-state index contributed by atoms with van der Waals surface area (Å²) in [5, 5.41) is 8.58. The van der Waals surface area contributed by atoms with Crippen molar-refractivity contribution in [2.24, 2.45) is 0 Å². The van der Waals surface area contributed by atoms with Gasteiger partial charge < -0.3 is 5.11 Å². The topological polar surface area (TPSA) is 46.0 Å². The minimum absolute atomic E-state index is 0.0659. The summed E-state index contributed by atoms with van der Waals surface area (Å²) in [7, 11) is 0. The summed E-state index contributed by atoms with van der Waals surface area (Å²) in [6, 6.07) is 0. The van der Waals surface area contributed by atoms with E-state index < -0.39 is 0 Å². The summed E-state index contributed by atoms with van der Waals surface area (Å²) >= 11 is 0. The van der Waals surface area contributed by atoms with Crippen molar-refractivity contribution in [1.29, 1.82) is 0 Å². The van der Waals surface area contributed by atoms with E-state index in [1.54, 1.807) is 12.4 Å². The Bertz CT molecular complexity index is 407. The Morgan fingerprint density at radius 2 is 1.75 bits per heavy atom. The molecule has 0 amide bonds. The monoisotopic (exact) mass is 214 g/mol. The van der Waals surface area contributed by atoms with Crippen LogP contribution in [-0.2, 0) is 0 Å². The van der Waals surface area contributed by atoms with E-state index in [1.807, 2.05) is 0 Å². The summed E-state index contributed by atoms with van der Waals surface area (Å²) in [4.78, 5) is 8.24. The van der Waals surface area contributed by atoms with Crippen LogP contribution in [0, 0.1) is 23.7 Å². The molecule has 0 spiro atoms. The number of unbranched alkanes of at least 4 members (excludes halogenated alkanes) is 1. The van der Waals surface area contributed by atoms with E-state index >= 15 is 0 Å². The summed E-state index contributed by atoms with van der Waals surface area (Å²) in [5.74, 6) is 11.6. The maximum atomic E-state index is 8.58. The van der Waals surface area contributed by atoms with Gasteiger partial charge in [0.1, 0.15) is 11.4 Å². The molecule has 3 nitrogen and oxygen atoms in total. The second-order valence-corrected chi connectivity index (χ2v) is 3.12. The second kappa shape index (κ2) is 7.45. The molecule has 1 aromatic rings. The number of nitrogens with zero attached hydrogens (tertiary/aromatic N) is 2. The first-order valence-corrected chi connectivity index (χ1v) is 5.27. The van der Waals surface area contributed by atoms with Gasteiger partial charge in [-0.2, -0.15) is 0 Å². The molecule has 1 rings (SSSR count). The van der Waals surface area contributed by atoms with E-state index in [0.29, 0.717) is 17.8 Å². The summed E-state index contributed by atoms with van der Waals surface area (Å²) < 4.78 is 0. The van der Waals surface area contributed by atoms with Crippen molar-refractivity contribution in [3.05, 3.63) is 23.8 Å². The molecule has 16 heavy (non-hydrogen) atoms. The molecule has 1 aromatic heterocycles. The number of aliphatic hydroxyl groups excluding tert-OH is 1. The molecule has 0 saturated heterocycles. The van der Waals surface area contributed by atoms with Crippen LogP contribution in [-0.4, -0.2) is 21.7 Å². The van der Waals surface area contributed by atoms with Crippen molar-refractivity contribution >= 4 is 0 Å². The maximum Gasteiger partial charge on any atom is 0.132 e. The molecule has 0 radical (unpaired) electrons. The molecule has 0 aliphatic rings. The third-order valence-electron chi connectivity index (χ3n) is 1.68. The zero-order chi connectivity index (χ0) is 11.6. The van der Waals surface area contributed by atoms with Gasteiger partial charge in [-0.15, -0.1) is 0 Å². The normalized spacial score (nSPS) is 8.62. The van der Waals surface area contributed by atoms with E-state index in [-0.39, 0.29) is 6.61 Å². The molecule has 0 bridgehead atoms. The fourth-order valence-electron chi connectivity index (χ4n) is 0.973. The van der Waals surface area contributed by atoms with Gasteiger partial charge in [-0.25, -0.2) is 4.98 Å². The SMILES string of the molecule is CCCC#Cc1cncc(C#CCCO)n1. The molecule has 0 aromatic carbocycles. The van der Waals surface area contributed by atoms with E-state index in [1.165, 1.54) is 0 Å². The Kier molecular flexibility index (Phi) is 5.70. The lowest BCUT2D eigenvalue weighted by molar-refractivity contribution is 0.305. The molecule has 0 fully saturated rings. The largest absolute Gasteiger partial charge is 0.395 e. The fourth-order valence-corrected chi connectivity index (χ4v) is 0.973. The minimum atomic E-state index is 0.0659. The minimum Gasteiger partial charge on any atom is -0.395 e. The average Bonchev–Trinajstić information content (AvgIpc) is 2.30. The maximum absolute atomic E-state index is 8.58. The summed E-state index contributed by atoms with van der Waals surface area (Å²) in [6.07, 6.45) is 5.57. The Morgan fingerprint density at radius 3 is 2.31 bits per heavy atom. The first-order chi connectivity index (χ1) is 7.86. The Hall–Kier alpha value is -1.84. The third kappa shape index (κ3) is 4.59. The predicted molar refractivity (Wildman–Crippen MR) is 62.4 cm³/mol. The third-order valence-corrected chi connectivity index (χ3v) is 1.68. The molecule has 0 saturated carbocycles. The van der Waals surface area contributed by atoms with Crippen LogP contribution in [0.4, 0.5) is 0 Å².